The van der Waals surface area contributed by atoms with Crippen LogP contribution in [0.15, 0.2) is 48.5 Å². The quantitative estimate of drug-likeness (QED) is 0.658. The van der Waals surface area contributed by atoms with Gasteiger partial charge in [-0.05, 0) is 53.7 Å². The van der Waals surface area contributed by atoms with Crippen LogP contribution in [-0.2, 0) is 16.6 Å². The molecule has 0 atom stereocenters. The molecule has 1 heterocycles. The summed E-state index contributed by atoms with van der Waals surface area (Å²) in [4.78, 5) is 13.4. The van der Waals surface area contributed by atoms with E-state index in [1.54, 1.807) is 0 Å². The monoisotopic (exact) mass is 375 g/mol. The van der Waals surface area contributed by atoms with Crippen LogP contribution in [0.1, 0.15) is 10.4 Å². The molecule has 2 aromatic carbocycles. The maximum Gasteiger partial charge on any atom is 0.229 e. The molecule has 1 N–H and O–H groups in total. The Kier molecular flexibility index (Phi) is 4.76. The molecule has 0 bridgehead atoms. The molecule has 0 amide bonds. The van der Waals surface area contributed by atoms with Crippen molar-refractivity contribution in [2.45, 2.75) is 6.54 Å². The van der Waals surface area contributed by atoms with Gasteiger partial charge in [0.15, 0.2) is 5.78 Å². The SMILES string of the molecule is CS(=O)(=O)Nc1ccc(C(=O)Cn2nnc(-c3ccc(F)cc3)n2)cc1. The van der Waals surface area contributed by atoms with Crippen LogP contribution in [0, 0.1) is 5.82 Å². The number of anilines is 1. The third-order valence-corrected chi connectivity index (χ3v) is 3.96. The van der Waals surface area contributed by atoms with Gasteiger partial charge in [-0.15, -0.1) is 10.2 Å². The van der Waals surface area contributed by atoms with Crippen molar-refractivity contribution >= 4 is 21.5 Å². The first kappa shape index (κ1) is 17.7. The first-order valence-electron chi connectivity index (χ1n) is 7.45. The molecule has 3 rings (SSSR count). The van der Waals surface area contributed by atoms with Crippen LogP contribution in [0.2, 0.25) is 0 Å². The van der Waals surface area contributed by atoms with Crippen LogP contribution >= 0.6 is 0 Å². The van der Waals surface area contributed by atoms with E-state index in [9.17, 15) is 17.6 Å². The van der Waals surface area contributed by atoms with E-state index in [4.69, 9.17) is 0 Å². The molecule has 0 fully saturated rings. The van der Waals surface area contributed by atoms with E-state index in [0.29, 0.717) is 16.8 Å². The predicted octanol–water partition coefficient (Wildman–Crippen LogP) is 1.73. The summed E-state index contributed by atoms with van der Waals surface area (Å²) in [7, 11) is -3.38. The molecule has 0 aliphatic rings. The van der Waals surface area contributed by atoms with Crippen molar-refractivity contribution < 1.29 is 17.6 Å². The minimum absolute atomic E-state index is 0.132. The Balaban J connectivity index is 1.69. The molecule has 1 aromatic heterocycles. The summed E-state index contributed by atoms with van der Waals surface area (Å²) < 4.78 is 37.6. The molecule has 0 aliphatic carbocycles. The molecule has 0 spiro atoms. The molecule has 26 heavy (non-hydrogen) atoms. The number of benzene rings is 2. The van der Waals surface area contributed by atoms with Crippen molar-refractivity contribution in [1.29, 1.82) is 0 Å². The van der Waals surface area contributed by atoms with Crippen LogP contribution in [0.4, 0.5) is 10.1 Å². The van der Waals surface area contributed by atoms with E-state index in [1.807, 2.05) is 0 Å². The number of Topliss-reactive ketones (excluding diaryl/α,β-unsaturated/α-hetero) is 1. The fourth-order valence-corrected chi connectivity index (χ4v) is 2.75. The summed E-state index contributed by atoms with van der Waals surface area (Å²) in [6.45, 7) is -0.132. The summed E-state index contributed by atoms with van der Waals surface area (Å²) >= 11 is 0. The van der Waals surface area contributed by atoms with Gasteiger partial charge in [0.2, 0.25) is 15.8 Å². The summed E-state index contributed by atoms with van der Waals surface area (Å²) in [5.41, 5.74) is 1.33. The molecule has 3 aromatic rings. The number of halogens is 1. The van der Waals surface area contributed by atoms with E-state index < -0.39 is 10.0 Å². The van der Waals surface area contributed by atoms with Gasteiger partial charge in [-0.25, -0.2) is 12.8 Å². The van der Waals surface area contributed by atoms with Gasteiger partial charge in [-0.1, -0.05) is 0 Å². The Bertz CT molecular complexity index is 1030. The zero-order valence-electron chi connectivity index (χ0n) is 13.6. The maximum atomic E-state index is 12.9. The number of carbonyl (C=O) groups excluding carboxylic acids is 1. The second-order valence-electron chi connectivity index (χ2n) is 5.53. The number of nitrogens with zero attached hydrogens (tertiary/aromatic N) is 4. The highest BCUT2D eigenvalue weighted by Gasteiger charge is 2.12. The van der Waals surface area contributed by atoms with Crippen LogP contribution in [0.5, 0.6) is 0 Å². The lowest BCUT2D eigenvalue weighted by molar-refractivity contribution is 0.0961. The third-order valence-electron chi connectivity index (χ3n) is 3.35. The van der Waals surface area contributed by atoms with Gasteiger partial charge in [0.05, 0.1) is 6.26 Å². The Morgan fingerprint density at radius 1 is 1.12 bits per heavy atom. The van der Waals surface area contributed by atoms with Crippen LogP contribution < -0.4 is 4.72 Å². The van der Waals surface area contributed by atoms with Crippen LogP contribution in [0.3, 0.4) is 0 Å². The molecule has 0 unspecified atom stereocenters. The molecule has 0 radical (unpaired) electrons. The van der Waals surface area contributed by atoms with Crippen molar-refractivity contribution in [3.8, 4) is 11.4 Å². The number of aromatic nitrogens is 4. The zero-order valence-corrected chi connectivity index (χ0v) is 14.4. The minimum Gasteiger partial charge on any atom is -0.292 e. The van der Waals surface area contributed by atoms with Gasteiger partial charge in [0, 0.05) is 16.8 Å². The van der Waals surface area contributed by atoms with Gasteiger partial charge in [0.25, 0.3) is 0 Å². The average Bonchev–Trinajstić information content (AvgIpc) is 3.03. The Labute approximate surface area is 148 Å². The van der Waals surface area contributed by atoms with E-state index in [2.05, 4.69) is 20.1 Å². The Morgan fingerprint density at radius 2 is 1.77 bits per heavy atom. The molecule has 8 nitrogen and oxygen atoms in total. The number of tetrazole rings is 1. The second-order valence-corrected chi connectivity index (χ2v) is 7.27. The molecular weight excluding hydrogens is 361 g/mol. The molecular formula is C16H14FN5O3S. The van der Waals surface area contributed by atoms with Gasteiger partial charge in [-0.3, -0.25) is 9.52 Å². The average molecular weight is 375 g/mol. The summed E-state index contributed by atoms with van der Waals surface area (Å²) in [5.74, 6) is -0.352. The van der Waals surface area contributed by atoms with Crippen LogP contribution in [-0.4, -0.2) is 40.7 Å². The maximum absolute atomic E-state index is 12.9. The fourth-order valence-electron chi connectivity index (χ4n) is 2.18. The number of hydrogen-bond acceptors (Lipinski definition) is 6. The number of sulfonamides is 1. The summed E-state index contributed by atoms with van der Waals surface area (Å²) in [5, 5.41) is 11.8. The van der Waals surface area contributed by atoms with E-state index in [0.717, 1.165) is 11.1 Å². The third kappa shape index (κ3) is 4.48. The summed E-state index contributed by atoms with van der Waals surface area (Å²) in [6, 6.07) is 11.6. The number of hydrogen-bond donors (Lipinski definition) is 1. The number of carbonyl (C=O) groups is 1. The second kappa shape index (κ2) is 7.00. The summed E-state index contributed by atoms with van der Waals surface area (Å²) in [6.07, 6.45) is 1.04. The Hall–Kier alpha value is -3.14. The standard InChI is InChI=1S/C16H14FN5O3S/c1-26(24,25)20-14-8-4-11(5-9-14)15(23)10-22-19-16(18-21-22)12-2-6-13(17)7-3-12/h2-9,20H,10H2,1H3. The fraction of sp³-hybridized carbons (Fsp3) is 0.125. The lowest BCUT2D eigenvalue weighted by Gasteiger charge is -2.05. The van der Waals surface area contributed by atoms with Crippen LogP contribution in [0.25, 0.3) is 11.4 Å². The van der Waals surface area contributed by atoms with E-state index >= 15 is 0 Å². The number of rotatable bonds is 6. The molecule has 134 valence electrons. The van der Waals surface area contributed by atoms with E-state index in [1.165, 1.54) is 48.5 Å². The highest BCUT2D eigenvalue weighted by molar-refractivity contribution is 7.92. The predicted molar refractivity (Wildman–Crippen MR) is 92.4 cm³/mol. The molecule has 0 saturated carbocycles. The van der Waals surface area contributed by atoms with Gasteiger partial charge < -0.3 is 0 Å². The molecule has 0 saturated heterocycles. The number of ketones is 1. The Morgan fingerprint density at radius 3 is 2.38 bits per heavy atom. The number of nitrogens with one attached hydrogen (secondary N) is 1. The normalized spacial score (nSPS) is 11.3. The molecule has 10 heteroatoms. The lowest BCUT2D eigenvalue weighted by Crippen LogP contribution is -2.14. The lowest BCUT2D eigenvalue weighted by atomic mass is 10.1. The zero-order chi connectivity index (χ0) is 18.7. The molecule has 0 aliphatic heterocycles. The minimum atomic E-state index is -3.38. The first-order chi connectivity index (χ1) is 12.3. The highest BCUT2D eigenvalue weighted by Crippen LogP contribution is 2.14. The first-order valence-corrected chi connectivity index (χ1v) is 9.34. The van der Waals surface area contributed by atoms with Gasteiger partial charge >= 0.3 is 0 Å². The smallest absolute Gasteiger partial charge is 0.229 e. The van der Waals surface area contributed by atoms with Crippen molar-refractivity contribution in [3.05, 3.63) is 59.9 Å². The largest absolute Gasteiger partial charge is 0.292 e. The topological polar surface area (TPSA) is 107 Å². The van der Waals surface area contributed by atoms with Crippen molar-refractivity contribution in [2.75, 3.05) is 11.0 Å². The highest BCUT2D eigenvalue weighted by atomic mass is 32.2. The van der Waals surface area contributed by atoms with E-state index in [-0.39, 0.29) is 24.0 Å². The van der Waals surface area contributed by atoms with Crippen molar-refractivity contribution in [3.63, 3.8) is 0 Å². The van der Waals surface area contributed by atoms with Crippen molar-refractivity contribution in [1.82, 2.24) is 20.2 Å². The van der Waals surface area contributed by atoms with Crippen molar-refractivity contribution in [2.24, 2.45) is 0 Å². The van der Waals surface area contributed by atoms with Gasteiger partial charge in [-0.2, -0.15) is 4.80 Å². The van der Waals surface area contributed by atoms with Gasteiger partial charge in [0.1, 0.15) is 12.4 Å².